The molecule has 1 aromatic rings. The van der Waals surface area contributed by atoms with Crippen LogP contribution in [0.15, 0.2) is 18.2 Å². The van der Waals surface area contributed by atoms with E-state index in [4.69, 9.17) is 10.5 Å². The molecule has 1 heterocycles. The lowest BCUT2D eigenvalue weighted by Gasteiger charge is -2.24. The van der Waals surface area contributed by atoms with Crippen LogP contribution in [-0.4, -0.2) is 19.7 Å². The molecule has 0 spiro atoms. The van der Waals surface area contributed by atoms with E-state index in [0.29, 0.717) is 6.61 Å². The summed E-state index contributed by atoms with van der Waals surface area (Å²) in [6, 6.07) is 6.09. The lowest BCUT2D eigenvalue weighted by atomic mass is 9.89. The number of nitrogens with two attached hydrogens (primary N) is 1. The van der Waals surface area contributed by atoms with Crippen LogP contribution in [0.25, 0.3) is 0 Å². The molecule has 1 saturated heterocycles. The fourth-order valence-corrected chi connectivity index (χ4v) is 3.09. The molecule has 20 heavy (non-hydrogen) atoms. The maximum Gasteiger partial charge on any atom is 0.123 e. The Hall–Kier alpha value is -1.38. The van der Waals surface area contributed by atoms with E-state index in [1.807, 2.05) is 13.0 Å². The van der Waals surface area contributed by atoms with Crippen molar-refractivity contribution in [2.75, 3.05) is 30.3 Å². The average Bonchev–Trinajstić information content (AvgIpc) is 2.64. The number of anilines is 2. The fraction of sp³-hybridized carbons (Fsp3) is 0.647. The normalized spacial score (nSPS) is 20.0. The van der Waals surface area contributed by atoms with Crippen LogP contribution >= 0.6 is 0 Å². The summed E-state index contributed by atoms with van der Waals surface area (Å²) in [5.41, 5.74) is 8.00. The zero-order valence-corrected chi connectivity index (χ0v) is 13.1. The molecule has 2 N–H and O–H groups in total. The Kier molecular flexibility index (Phi) is 5.16. The SMILES string of the molecule is CCOc1cc(N)cc(N2CCCC(C(C)C)CC2)c1. The highest BCUT2D eigenvalue weighted by Crippen LogP contribution is 2.30. The number of benzene rings is 1. The lowest BCUT2D eigenvalue weighted by molar-refractivity contribution is 0.340. The van der Waals surface area contributed by atoms with Gasteiger partial charge in [0, 0.05) is 36.6 Å². The Morgan fingerprint density at radius 2 is 2.05 bits per heavy atom. The molecule has 0 radical (unpaired) electrons. The van der Waals surface area contributed by atoms with Crippen molar-refractivity contribution in [2.45, 2.75) is 40.0 Å². The predicted molar refractivity (Wildman–Crippen MR) is 86.4 cm³/mol. The van der Waals surface area contributed by atoms with Gasteiger partial charge in [-0.1, -0.05) is 13.8 Å². The summed E-state index contributed by atoms with van der Waals surface area (Å²) in [6.07, 6.45) is 3.88. The van der Waals surface area contributed by atoms with Crippen molar-refractivity contribution in [2.24, 2.45) is 11.8 Å². The van der Waals surface area contributed by atoms with Crippen molar-refractivity contribution in [1.29, 1.82) is 0 Å². The second-order valence-electron chi connectivity index (χ2n) is 6.12. The topological polar surface area (TPSA) is 38.5 Å². The van der Waals surface area contributed by atoms with Crippen molar-refractivity contribution >= 4 is 11.4 Å². The molecule has 0 saturated carbocycles. The molecule has 1 aliphatic heterocycles. The van der Waals surface area contributed by atoms with Crippen LogP contribution in [0.2, 0.25) is 0 Å². The Labute approximate surface area is 123 Å². The lowest BCUT2D eigenvalue weighted by Crippen LogP contribution is -2.24. The van der Waals surface area contributed by atoms with Crippen molar-refractivity contribution in [3.8, 4) is 5.75 Å². The zero-order chi connectivity index (χ0) is 14.5. The largest absolute Gasteiger partial charge is 0.494 e. The first-order valence-corrected chi connectivity index (χ1v) is 7.88. The number of nitrogen functional groups attached to an aromatic ring is 1. The third kappa shape index (κ3) is 3.81. The van der Waals surface area contributed by atoms with Crippen LogP contribution in [0.5, 0.6) is 5.75 Å². The monoisotopic (exact) mass is 276 g/mol. The maximum atomic E-state index is 6.00. The van der Waals surface area contributed by atoms with Crippen molar-refractivity contribution < 1.29 is 4.74 Å². The first-order chi connectivity index (χ1) is 9.60. The number of hydrogen-bond acceptors (Lipinski definition) is 3. The Morgan fingerprint density at radius 3 is 2.75 bits per heavy atom. The molecule has 1 atom stereocenters. The Morgan fingerprint density at radius 1 is 1.25 bits per heavy atom. The van der Waals surface area contributed by atoms with E-state index in [0.717, 1.165) is 36.4 Å². The van der Waals surface area contributed by atoms with E-state index in [1.165, 1.54) is 24.9 Å². The summed E-state index contributed by atoms with van der Waals surface area (Å²) in [5, 5.41) is 0. The van der Waals surface area contributed by atoms with Crippen LogP contribution in [0, 0.1) is 11.8 Å². The van der Waals surface area contributed by atoms with Gasteiger partial charge in [-0.15, -0.1) is 0 Å². The molecule has 2 rings (SSSR count). The van der Waals surface area contributed by atoms with Gasteiger partial charge in [-0.3, -0.25) is 0 Å². The van der Waals surface area contributed by atoms with Gasteiger partial charge in [0.05, 0.1) is 6.61 Å². The minimum Gasteiger partial charge on any atom is -0.494 e. The summed E-state index contributed by atoms with van der Waals surface area (Å²) >= 11 is 0. The number of hydrogen-bond donors (Lipinski definition) is 1. The maximum absolute atomic E-state index is 6.00. The second-order valence-corrected chi connectivity index (χ2v) is 6.12. The van der Waals surface area contributed by atoms with Crippen LogP contribution in [0.3, 0.4) is 0 Å². The van der Waals surface area contributed by atoms with Gasteiger partial charge >= 0.3 is 0 Å². The van der Waals surface area contributed by atoms with Crippen LogP contribution in [-0.2, 0) is 0 Å². The smallest absolute Gasteiger partial charge is 0.123 e. The minimum absolute atomic E-state index is 0.679. The molecule has 3 nitrogen and oxygen atoms in total. The minimum atomic E-state index is 0.679. The van der Waals surface area contributed by atoms with E-state index in [-0.39, 0.29) is 0 Å². The molecule has 1 aliphatic rings. The standard InChI is InChI=1S/C17H28N2O/c1-4-20-17-11-15(18)10-16(12-17)19-8-5-6-14(7-9-19)13(2)3/h10-14H,4-9,18H2,1-3H3. The molecular formula is C17H28N2O. The third-order valence-corrected chi connectivity index (χ3v) is 4.31. The van der Waals surface area contributed by atoms with Crippen LogP contribution in [0.4, 0.5) is 11.4 Å². The molecule has 1 unspecified atom stereocenters. The highest BCUT2D eigenvalue weighted by Gasteiger charge is 2.20. The third-order valence-electron chi connectivity index (χ3n) is 4.31. The van der Waals surface area contributed by atoms with Gasteiger partial charge in [0.15, 0.2) is 0 Å². The number of nitrogens with zero attached hydrogens (tertiary/aromatic N) is 1. The van der Waals surface area contributed by atoms with Crippen molar-refractivity contribution in [1.82, 2.24) is 0 Å². The number of ether oxygens (including phenoxy) is 1. The van der Waals surface area contributed by atoms with Gasteiger partial charge in [-0.2, -0.15) is 0 Å². The summed E-state index contributed by atoms with van der Waals surface area (Å²) < 4.78 is 5.60. The Bertz CT molecular complexity index is 431. The molecule has 0 aromatic heterocycles. The molecule has 1 aromatic carbocycles. The van der Waals surface area contributed by atoms with Gasteiger partial charge in [0.25, 0.3) is 0 Å². The first-order valence-electron chi connectivity index (χ1n) is 7.88. The molecule has 0 aliphatic carbocycles. The first kappa shape index (κ1) is 15.0. The van der Waals surface area contributed by atoms with Crippen LogP contribution < -0.4 is 15.4 Å². The van der Waals surface area contributed by atoms with Gasteiger partial charge < -0.3 is 15.4 Å². The molecule has 112 valence electrons. The summed E-state index contributed by atoms with van der Waals surface area (Å²) in [4.78, 5) is 2.46. The van der Waals surface area contributed by atoms with Crippen LogP contribution in [0.1, 0.15) is 40.0 Å². The highest BCUT2D eigenvalue weighted by molar-refractivity contribution is 5.60. The van der Waals surface area contributed by atoms with E-state index < -0.39 is 0 Å². The molecular weight excluding hydrogens is 248 g/mol. The van der Waals surface area contributed by atoms with E-state index in [1.54, 1.807) is 0 Å². The Balaban J connectivity index is 2.11. The fourth-order valence-electron chi connectivity index (χ4n) is 3.09. The highest BCUT2D eigenvalue weighted by atomic mass is 16.5. The quantitative estimate of drug-likeness (QED) is 0.847. The van der Waals surface area contributed by atoms with E-state index >= 15 is 0 Å². The van der Waals surface area contributed by atoms with E-state index in [2.05, 4.69) is 30.9 Å². The van der Waals surface area contributed by atoms with Crippen molar-refractivity contribution in [3.63, 3.8) is 0 Å². The van der Waals surface area contributed by atoms with Crippen molar-refractivity contribution in [3.05, 3.63) is 18.2 Å². The van der Waals surface area contributed by atoms with Gasteiger partial charge in [0.2, 0.25) is 0 Å². The summed E-state index contributed by atoms with van der Waals surface area (Å²) in [5.74, 6) is 2.52. The molecule has 0 amide bonds. The second kappa shape index (κ2) is 6.87. The van der Waals surface area contributed by atoms with Gasteiger partial charge in [-0.25, -0.2) is 0 Å². The summed E-state index contributed by atoms with van der Waals surface area (Å²) in [7, 11) is 0. The molecule has 0 bridgehead atoms. The molecule has 3 heteroatoms. The van der Waals surface area contributed by atoms with E-state index in [9.17, 15) is 0 Å². The average molecular weight is 276 g/mol. The number of rotatable bonds is 4. The van der Waals surface area contributed by atoms with Gasteiger partial charge in [-0.05, 0) is 44.1 Å². The summed E-state index contributed by atoms with van der Waals surface area (Å²) in [6.45, 7) is 9.61. The molecule has 1 fully saturated rings. The zero-order valence-electron chi connectivity index (χ0n) is 13.1. The predicted octanol–water partition coefficient (Wildman–Crippen LogP) is 3.93. The van der Waals surface area contributed by atoms with Gasteiger partial charge in [0.1, 0.15) is 5.75 Å².